The van der Waals surface area contributed by atoms with E-state index < -0.39 is 35.5 Å². The number of alkyl halides is 3. The molecule has 0 aliphatic carbocycles. The highest BCUT2D eigenvalue weighted by atomic mass is 19.4. The van der Waals surface area contributed by atoms with Gasteiger partial charge in [-0.05, 0) is 36.8 Å². The zero-order chi connectivity index (χ0) is 20.0. The zero-order valence-corrected chi connectivity index (χ0v) is 14.1. The molecule has 5 nitrogen and oxygen atoms in total. The zero-order valence-electron chi connectivity index (χ0n) is 14.1. The number of hydrogen-bond donors (Lipinski definition) is 2. The van der Waals surface area contributed by atoms with Crippen LogP contribution in [0.15, 0.2) is 48.5 Å². The molecule has 0 fully saturated rings. The first-order valence-electron chi connectivity index (χ1n) is 7.83. The van der Waals surface area contributed by atoms with Crippen molar-refractivity contribution in [3.63, 3.8) is 0 Å². The maximum absolute atomic E-state index is 13.5. The third kappa shape index (κ3) is 5.98. The van der Waals surface area contributed by atoms with E-state index in [1.807, 2.05) is 0 Å². The minimum absolute atomic E-state index is 0.115. The summed E-state index contributed by atoms with van der Waals surface area (Å²) < 4.78 is 56.1. The van der Waals surface area contributed by atoms with Crippen LogP contribution in [-0.2, 0) is 22.2 Å². The molecule has 0 aromatic heterocycles. The van der Waals surface area contributed by atoms with Crippen molar-refractivity contribution >= 4 is 11.8 Å². The molecule has 0 saturated heterocycles. The fraction of sp³-hybridized carbons (Fsp3) is 0.222. The number of carbonyl (C=O) groups is 2. The summed E-state index contributed by atoms with van der Waals surface area (Å²) in [6.45, 7) is 1.36. The highest BCUT2D eigenvalue weighted by molar-refractivity contribution is 5.85. The van der Waals surface area contributed by atoms with E-state index in [4.69, 9.17) is 4.74 Å². The fourth-order valence-corrected chi connectivity index (χ4v) is 2.06. The van der Waals surface area contributed by atoms with Crippen LogP contribution in [0.4, 0.5) is 17.6 Å². The Hall–Kier alpha value is -3.10. The minimum atomic E-state index is -4.46. The van der Waals surface area contributed by atoms with Gasteiger partial charge in [-0.25, -0.2) is 4.39 Å². The Bertz CT molecular complexity index is 807. The van der Waals surface area contributed by atoms with Crippen LogP contribution in [0.2, 0.25) is 0 Å². The van der Waals surface area contributed by atoms with Crippen molar-refractivity contribution in [2.45, 2.75) is 25.6 Å². The molecule has 0 aliphatic heterocycles. The van der Waals surface area contributed by atoms with Gasteiger partial charge in [0.05, 0.1) is 12.0 Å². The van der Waals surface area contributed by atoms with Crippen molar-refractivity contribution < 1.29 is 31.9 Å². The summed E-state index contributed by atoms with van der Waals surface area (Å²) in [5.41, 5.74) is 3.75. The number of rotatable bonds is 5. The summed E-state index contributed by atoms with van der Waals surface area (Å²) in [6.07, 6.45) is -5.78. The number of hydrazine groups is 1. The molecular formula is C18H16F4N2O3. The number of carbonyl (C=O) groups excluding carboxylic acids is 2. The normalized spacial score (nSPS) is 12.2. The monoisotopic (exact) mass is 384 g/mol. The van der Waals surface area contributed by atoms with E-state index in [1.165, 1.54) is 43.3 Å². The molecule has 27 heavy (non-hydrogen) atoms. The van der Waals surface area contributed by atoms with Gasteiger partial charge in [-0.2, -0.15) is 13.2 Å². The summed E-state index contributed by atoms with van der Waals surface area (Å²) in [6, 6.07) is 9.61. The number of ether oxygens (including phenoxy) is 1. The molecule has 0 radical (unpaired) electrons. The lowest BCUT2D eigenvalue weighted by Gasteiger charge is -2.15. The maximum atomic E-state index is 13.5. The highest BCUT2D eigenvalue weighted by Gasteiger charge is 2.30. The van der Waals surface area contributed by atoms with Gasteiger partial charge in [0.15, 0.2) is 17.7 Å². The quantitative estimate of drug-likeness (QED) is 0.615. The van der Waals surface area contributed by atoms with E-state index in [-0.39, 0.29) is 12.2 Å². The second kappa shape index (κ2) is 8.52. The summed E-state index contributed by atoms with van der Waals surface area (Å²) in [4.78, 5) is 23.7. The lowest BCUT2D eigenvalue weighted by Crippen LogP contribution is -2.47. The van der Waals surface area contributed by atoms with Crippen LogP contribution in [0.1, 0.15) is 18.1 Å². The molecule has 2 aromatic rings. The van der Waals surface area contributed by atoms with Crippen LogP contribution in [0.5, 0.6) is 5.75 Å². The largest absolute Gasteiger partial charge is 0.478 e. The number of nitrogens with one attached hydrogen (secondary N) is 2. The second-order valence-electron chi connectivity index (χ2n) is 5.60. The summed E-state index contributed by atoms with van der Waals surface area (Å²) >= 11 is 0. The molecule has 0 saturated carbocycles. The van der Waals surface area contributed by atoms with E-state index in [0.717, 1.165) is 12.1 Å². The van der Waals surface area contributed by atoms with Gasteiger partial charge in [-0.3, -0.25) is 20.4 Å². The molecule has 2 rings (SSSR count). The average molecular weight is 384 g/mol. The smallest absolute Gasteiger partial charge is 0.416 e. The molecule has 144 valence electrons. The van der Waals surface area contributed by atoms with Crippen molar-refractivity contribution in [2.24, 2.45) is 0 Å². The van der Waals surface area contributed by atoms with Crippen LogP contribution in [0.3, 0.4) is 0 Å². The van der Waals surface area contributed by atoms with Gasteiger partial charge in [0.25, 0.3) is 5.91 Å². The average Bonchev–Trinajstić information content (AvgIpc) is 2.61. The topological polar surface area (TPSA) is 67.4 Å². The van der Waals surface area contributed by atoms with E-state index in [9.17, 15) is 27.2 Å². The Balaban J connectivity index is 1.82. The lowest BCUT2D eigenvalue weighted by atomic mass is 10.1. The highest BCUT2D eigenvalue weighted by Crippen LogP contribution is 2.29. The molecule has 0 aliphatic rings. The van der Waals surface area contributed by atoms with Crippen molar-refractivity contribution in [3.05, 3.63) is 65.5 Å². The van der Waals surface area contributed by atoms with E-state index >= 15 is 0 Å². The van der Waals surface area contributed by atoms with Crippen LogP contribution in [0.25, 0.3) is 0 Å². The van der Waals surface area contributed by atoms with Gasteiger partial charge in [-0.1, -0.05) is 24.3 Å². The SMILES string of the molecule is CC(Oc1ccccc1F)C(=O)NNC(=O)Cc1ccc(C(F)(F)F)cc1. The molecule has 2 amide bonds. The van der Waals surface area contributed by atoms with Gasteiger partial charge in [-0.15, -0.1) is 0 Å². The number of halogens is 4. The Kier molecular flexibility index (Phi) is 6.38. The Morgan fingerprint density at radius 1 is 1.04 bits per heavy atom. The van der Waals surface area contributed by atoms with Crippen LogP contribution in [-0.4, -0.2) is 17.9 Å². The molecular weight excluding hydrogens is 368 g/mol. The van der Waals surface area contributed by atoms with Gasteiger partial charge >= 0.3 is 6.18 Å². The van der Waals surface area contributed by atoms with Crippen LogP contribution >= 0.6 is 0 Å². The fourth-order valence-electron chi connectivity index (χ4n) is 2.06. The van der Waals surface area contributed by atoms with Gasteiger partial charge in [0.1, 0.15) is 0 Å². The van der Waals surface area contributed by atoms with Crippen molar-refractivity contribution in [3.8, 4) is 5.75 Å². The first kappa shape index (κ1) is 20.2. The number of hydrogen-bond acceptors (Lipinski definition) is 3. The molecule has 2 N–H and O–H groups in total. The number of para-hydroxylation sites is 1. The summed E-state index contributed by atoms with van der Waals surface area (Å²) in [7, 11) is 0. The number of amides is 2. The maximum Gasteiger partial charge on any atom is 0.416 e. The Morgan fingerprint density at radius 3 is 2.26 bits per heavy atom. The molecule has 9 heteroatoms. The van der Waals surface area contributed by atoms with Gasteiger partial charge < -0.3 is 4.74 Å². The van der Waals surface area contributed by atoms with Crippen molar-refractivity contribution in [2.75, 3.05) is 0 Å². The third-order valence-corrected chi connectivity index (χ3v) is 3.48. The van der Waals surface area contributed by atoms with E-state index in [1.54, 1.807) is 0 Å². The third-order valence-electron chi connectivity index (χ3n) is 3.48. The lowest BCUT2D eigenvalue weighted by molar-refractivity contribution is -0.137. The Morgan fingerprint density at radius 2 is 1.67 bits per heavy atom. The predicted molar refractivity (Wildman–Crippen MR) is 87.9 cm³/mol. The first-order chi connectivity index (χ1) is 12.7. The molecule has 1 unspecified atom stereocenters. The van der Waals surface area contributed by atoms with Gasteiger partial charge in [0.2, 0.25) is 5.91 Å². The molecule has 2 aromatic carbocycles. The number of benzene rings is 2. The summed E-state index contributed by atoms with van der Waals surface area (Å²) in [5, 5.41) is 0. The van der Waals surface area contributed by atoms with E-state index in [2.05, 4.69) is 10.9 Å². The summed E-state index contributed by atoms with van der Waals surface area (Å²) in [5.74, 6) is -2.11. The van der Waals surface area contributed by atoms with Gasteiger partial charge in [0, 0.05) is 0 Å². The molecule has 0 spiro atoms. The van der Waals surface area contributed by atoms with E-state index in [0.29, 0.717) is 5.56 Å². The van der Waals surface area contributed by atoms with Crippen LogP contribution < -0.4 is 15.6 Å². The van der Waals surface area contributed by atoms with Crippen molar-refractivity contribution in [1.82, 2.24) is 10.9 Å². The molecule has 0 bridgehead atoms. The van der Waals surface area contributed by atoms with Crippen molar-refractivity contribution in [1.29, 1.82) is 0 Å². The Labute approximate surface area is 152 Å². The predicted octanol–water partition coefficient (Wildman–Crippen LogP) is 3.00. The molecule has 1 atom stereocenters. The second-order valence-corrected chi connectivity index (χ2v) is 5.60. The minimum Gasteiger partial charge on any atom is -0.478 e. The molecule has 0 heterocycles. The first-order valence-corrected chi connectivity index (χ1v) is 7.83. The standard InChI is InChI=1S/C18H16F4N2O3/c1-11(27-15-5-3-2-4-14(15)19)17(26)24-23-16(25)10-12-6-8-13(9-7-12)18(20,21)22/h2-9,11H,10H2,1H3,(H,23,25)(H,24,26). The van der Waals surface area contributed by atoms with Crippen LogP contribution in [0, 0.1) is 5.82 Å².